The van der Waals surface area contributed by atoms with Gasteiger partial charge in [0.15, 0.2) is 28.5 Å². The van der Waals surface area contributed by atoms with Crippen molar-refractivity contribution in [3.05, 3.63) is 77.8 Å². The standard InChI is InChI=1S/C24H24N4O4S/c1-16-10-20(17(2)28(16)12-19-13-31-22-7-3-4-8-23(22)32-19)21(29)14-33-24-26-25-15-27(24)11-18-6-5-9-30-18/h3-10,15,19H,11-14H2,1-2H3. The second kappa shape index (κ2) is 9.19. The second-order valence-electron chi connectivity index (χ2n) is 7.93. The van der Waals surface area contributed by atoms with Crippen molar-refractivity contribution in [1.82, 2.24) is 19.3 Å². The Kier molecular flexibility index (Phi) is 5.95. The molecule has 0 saturated heterocycles. The highest BCUT2D eigenvalue weighted by Gasteiger charge is 2.24. The van der Waals surface area contributed by atoms with E-state index in [-0.39, 0.29) is 17.6 Å². The number of aromatic nitrogens is 4. The maximum atomic E-state index is 13.0. The molecule has 0 aliphatic carbocycles. The Bertz CT molecular complexity index is 1260. The average Bonchev–Trinajstić information content (AvgIpc) is 3.56. The molecular weight excluding hydrogens is 440 g/mol. The SMILES string of the molecule is Cc1cc(C(=O)CSc2nncn2Cc2ccco2)c(C)n1CC1COc2ccccc2O1. The van der Waals surface area contributed by atoms with Crippen molar-refractivity contribution >= 4 is 17.5 Å². The molecule has 33 heavy (non-hydrogen) atoms. The lowest BCUT2D eigenvalue weighted by molar-refractivity contribution is 0.0777. The van der Waals surface area contributed by atoms with Crippen LogP contribution >= 0.6 is 11.8 Å². The first-order valence-corrected chi connectivity index (χ1v) is 11.7. The molecule has 0 radical (unpaired) electrons. The van der Waals surface area contributed by atoms with Crippen molar-refractivity contribution in [2.75, 3.05) is 12.4 Å². The van der Waals surface area contributed by atoms with E-state index < -0.39 is 0 Å². The first-order chi connectivity index (χ1) is 16.1. The van der Waals surface area contributed by atoms with Gasteiger partial charge >= 0.3 is 0 Å². The van der Waals surface area contributed by atoms with Crippen LogP contribution < -0.4 is 9.47 Å². The number of para-hydroxylation sites is 2. The molecule has 0 fully saturated rings. The van der Waals surface area contributed by atoms with Crippen LogP contribution in [0.2, 0.25) is 0 Å². The first kappa shape index (κ1) is 21.4. The number of rotatable bonds is 8. The minimum Gasteiger partial charge on any atom is -0.486 e. The van der Waals surface area contributed by atoms with Gasteiger partial charge in [0.1, 0.15) is 18.7 Å². The van der Waals surface area contributed by atoms with Gasteiger partial charge in [-0.15, -0.1) is 10.2 Å². The van der Waals surface area contributed by atoms with Gasteiger partial charge in [-0.1, -0.05) is 23.9 Å². The first-order valence-electron chi connectivity index (χ1n) is 10.7. The van der Waals surface area contributed by atoms with Crippen LogP contribution in [0.5, 0.6) is 11.5 Å². The molecule has 0 bridgehead atoms. The van der Waals surface area contributed by atoms with Crippen molar-refractivity contribution in [3.8, 4) is 11.5 Å². The molecule has 1 atom stereocenters. The van der Waals surface area contributed by atoms with E-state index in [2.05, 4.69) is 14.8 Å². The van der Waals surface area contributed by atoms with E-state index in [0.717, 1.165) is 28.6 Å². The molecule has 1 aliphatic rings. The zero-order chi connectivity index (χ0) is 22.8. The summed E-state index contributed by atoms with van der Waals surface area (Å²) in [5.41, 5.74) is 2.66. The molecular formula is C24H24N4O4S. The van der Waals surface area contributed by atoms with E-state index in [4.69, 9.17) is 13.9 Å². The van der Waals surface area contributed by atoms with Crippen molar-refractivity contribution in [2.24, 2.45) is 0 Å². The van der Waals surface area contributed by atoms with Gasteiger partial charge in [-0.05, 0) is 44.2 Å². The normalized spacial score (nSPS) is 15.0. The minimum absolute atomic E-state index is 0.0538. The van der Waals surface area contributed by atoms with Crippen LogP contribution in [0.3, 0.4) is 0 Å². The molecule has 0 spiro atoms. The number of nitrogens with zero attached hydrogens (tertiary/aromatic N) is 4. The fraction of sp³-hybridized carbons (Fsp3) is 0.292. The Balaban J connectivity index is 1.24. The fourth-order valence-corrected chi connectivity index (χ4v) is 4.76. The summed E-state index contributed by atoms with van der Waals surface area (Å²) in [5.74, 6) is 2.66. The number of hydrogen-bond donors (Lipinski definition) is 0. The number of Topliss-reactive ketones (excluding diaryl/α,β-unsaturated/α-hetero) is 1. The monoisotopic (exact) mass is 464 g/mol. The van der Waals surface area contributed by atoms with Gasteiger partial charge in [0.2, 0.25) is 0 Å². The van der Waals surface area contributed by atoms with Crippen molar-refractivity contribution < 1.29 is 18.7 Å². The molecule has 9 heteroatoms. The zero-order valence-electron chi connectivity index (χ0n) is 18.4. The Morgan fingerprint density at radius 3 is 2.85 bits per heavy atom. The third-order valence-electron chi connectivity index (χ3n) is 5.65. The topological polar surface area (TPSA) is 84.3 Å². The lowest BCUT2D eigenvalue weighted by Crippen LogP contribution is -2.33. The summed E-state index contributed by atoms with van der Waals surface area (Å²) in [6, 6.07) is 13.4. The van der Waals surface area contributed by atoms with Crippen LogP contribution in [0.1, 0.15) is 27.5 Å². The molecule has 1 unspecified atom stereocenters. The molecule has 0 amide bonds. The van der Waals surface area contributed by atoms with Gasteiger partial charge in [0.05, 0.1) is 25.1 Å². The fourth-order valence-electron chi connectivity index (χ4n) is 3.96. The molecule has 8 nitrogen and oxygen atoms in total. The summed E-state index contributed by atoms with van der Waals surface area (Å²) < 4.78 is 21.3. The highest BCUT2D eigenvalue weighted by Crippen LogP contribution is 2.32. The third kappa shape index (κ3) is 4.54. The van der Waals surface area contributed by atoms with Crippen LogP contribution in [-0.2, 0) is 13.1 Å². The van der Waals surface area contributed by atoms with Gasteiger partial charge in [0.25, 0.3) is 0 Å². The summed E-state index contributed by atoms with van der Waals surface area (Å²) in [6.45, 7) is 5.59. The lowest BCUT2D eigenvalue weighted by Gasteiger charge is -2.27. The number of carbonyl (C=O) groups excluding carboxylic acids is 1. The Labute approximate surface area is 195 Å². The third-order valence-corrected chi connectivity index (χ3v) is 6.63. The highest BCUT2D eigenvalue weighted by molar-refractivity contribution is 7.99. The summed E-state index contributed by atoms with van der Waals surface area (Å²) in [4.78, 5) is 13.0. The zero-order valence-corrected chi connectivity index (χ0v) is 19.2. The number of benzene rings is 1. The van der Waals surface area contributed by atoms with Crippen LogP contribution in [-0.4, -0.2) is 43.6 Å². The van der Waals surface area contributed by atoms with Gasteiger partial charge in [-0.2, -0.15) is 0 Å². The predicted molar refractivity (Wildman–Crippen MR) is 123 cm³/mol. The van der Waals surface area contributed by atoms with E-state index in [1.807, 2.05) is 60.9 Å². The maximum absolute atomic E-state index is 13.0. The Hall–Kier alpha value is -3.46. The molecule has 0 N–H and O–H groups in total. The van der Waals surface area contributed by atoms with E-state index in [0.29, 0.717) is 30.4 Å². The number of ether oxygens (including phenoxy) is 2. The molecule has 1 aliphatic heterocycles. The molecule has 0 saturated carbocycles. The van der Waals surface area contributed by atoms with Crippen LogP contribution in [0.25, 0.3) is 0 Å². The number of hydrogen-bond acceptors (Lipinski definition) is 7. The van der Waals surface area contributed by atoms with E-state index >= 15 is 0 Å². The van der Waals surface area contributed by atoms with E-state index in [1.165, 1.54) is 11.8 Å². The van der Waals surface area contributed by atoms with Crippen molar-refractivity contribution in [2.45, 2.75) is 38.2 Å². The number of carbonyl (C=O) groups is 1. The summed E-state index contributed by atoms with van der Waals surface area (Å²) in [7, 11) is 0. The largest absolute Gasteiger partial charge is 0.486 e. The molecule has 170 valence electrons. The van der Waals surface area contributed by atoms with Crippen LogP contribution in [0.15, 0.2) is 64.6 Å². The number of thioether (sulfide) groups is 1. The summed E-state index contributed by atoms with van der Waals surface area (Å²) in [6.07, 6.45) is 3.16. The summed E-state index contributed by atoms with van der Waals surface area (Å²) >= 11 is 1.37. The quantitative estimate of drug-likeness (QED) is 0.286. The van der Waals surface area contributed by atoms with Crippen LogP contribution in [0.4, 0.5) is 0 Å². The van der Waals surface area contributed by atoms with Gasteiger partial charge < -0.3 is 23.0 Å². The smallest absolute Gasteiger partial charge is 0.191 e. The number of aryl methyl sites for hydroxylation is 1. The predicted octanol–water partition coefficient (Wildman–Crippen LogP) is 4.15. The van der Waals surface area contributed by atoms with E-state index in [1.54, 1.807) is 12.6 Å². The van der Waals surface area contributed by atoms with Crippen molar-refractivity contribution in [1.29, 1.82) is 0 Å². The molecule has 3 aromatic heterocycles. The highest BCUT2D eigenvalue weighted by atomic mass is 32.2. The maximum Gasteiger partial charge on any atom is 0.191 e. The number of ketones is 1. The molecule has 4 heterocycles. The average molecular weight is 465 g/mol. The van der Waals surface area contributed by atoms with Crippen molar-refractivity contribution in [3.63, 3.8) is 0 Å². The van der Waals surface area contributed by atoms with E-state index in [9.17, 15) is 4.79 Å². The Morgan fingerprint density at radius 1 is 1.18 bits per heavy atom. The summed E-state index contributed by atoms with van der Waals surface area (Å²) in [5, 5.41) is 8.81. The molecule has 5 rings (SSSR count). The molecule has 4 aromatic rings. The lowest BCUT2D eigenvalue weighted by atomic mass is 10.2. The Morgan fingerprint density at radius 2 is 2.03 bits per heavy atom. The van der Waals surface area contributed by atoms with Gasteiger partial charge in [-0.25, -0.2) is 0 Å². The van der Waals surface area contributed by atoms with Crippen LogP contribution in [0, 0.1) is 13.8 Å². The van der Waals surface area contributed by atoms with Gasteiger partial charge in [0, 0.05) is 17.0 Å². The minimum atomic E-state index is -0.123. The second-order valence-corrected chi connectivity index (χ2v) is 8.87. The number of furan rings is 1. The molecule has 1 aromatic carbocycles. The van der Waals surface area contributed by atoms with Gasteiger partial charge in [-0.3, -0.25) is 4.79 Å². The number of fused-ring (bicyclic) bond motifs is 1.